The number of rotatable bonds is 8. The van der Waals surface area contributed by atoms with E-state index in [2.05, 4.69) is 109 Å². The molecule has 0 radical (unpaired) electrons. The van der Waals surface area contributed by atoms with Gasteiger partial charge in [0.25, 0.3) is 13.0 Å². The SMILES string of the molecule is [2H]c1c([2H])c([2H])c(-c2cccc(-c3c([2H])c([2H])c([2H])c([2H])c3[2H])c2-[n+]2[c-]n(-c3[c-]c(Oc4[c-]c5c(cc4)c4cc(-n6c7c(c8ccccc86)B6c8ccccc8Oc8cccc(c86)O7)ccc4n5-c4cc(C(C)(C)C)ccn4)ccc3)c3ccccc32)c([2H])c1[2H].[Pt]. The summed E-state index contributed by atoms with van der Waals surface area (Å²) >= 11 is 0. The Hall–Kier alpha value is -9.69. The zero-order valence-electron chi connectivity index (χ0n) is 54.1. The average molecular weight is 1250 g/mol. The molecule has 0 atom stereocenters. The fraction of sp³-hybridized carbons (Fsp3) is 0.0556. The van der Waals surface area contributed by atoms with Crippen molar-refractivity contribution < 1.29 is 53.6 Å². The summed E-state index contributed by atoms with van der Waals surface area (Å²) < 4.78 is 116. The molecule has 0 bridgehead atoms. The summed E-state index contributed by atoms with van der Waals surface area (Å²) in [6.45, 7) is 6.39. The third kappa shape index (κ3) is 7.86. The molecule has 2 aliphatic heterocycles. The van der Waals surface area contributed by atoms with Gasteiger partial charge in [-0.25, -0.2) is 4.98 Å². The molecule has 6 heterocycles. The van der Waals surface area contributed by atoms with Gasteiger partial charge in [0.05, 0.1) is 35.9 Å². The number of ether oxygens (including phenoxy) is 3. The fourth-order valence-corrected chi connectivity index (χ4v) is 11.8. The summed E-state index contributed by atoms with van der Waals surface area (Å²) in [4.78, 5) is 5.00. The van der Waals surface area contributed by atoms with Crippen LogP contribution in [0.2, 0.25) is 0 Å². The van der Waals surface area contributed by atoms with Crippen LogP contribution in [0.15, 0.2) is 236 Å². The molecular weight excluding hydrogens is 1190 g/mol. The molecule has 0 unspecified atom stereocenters. The van der Waals surface area contributed by atoms with Crippen molar-refractivity contribution in [2.75, 3.05) is 0 Å². The molecule has 8 nitrogen and oxygen atoms in total. The van der Waals surface area contributed by atoms with E-state index in [1.807, 2.05) is 85.1 Å². The van der Waals surface area contributed by atoms with Crippen molar-refractivity contribution in [3.63, 3.8) is 0 Å². The Kier molecular flexibility index (Phi) is 9.31. The average Bonchev–Trinajstić information content (AvgIpc) is 1.48. The zero-order valence-corrected chi connectivity index (χ0v) is 46.4. The molecule has 4 aromatic heterocycles. The topological polar surface area (TPSA) is 59.3 Å². The summed E-state index contributed by atoms with van der Waals surface area (Å²) in [7, 11) is 0. The first-order chi connectivity index (χ1) is 43.9. The summed E-state index contributed by atoms with van der Waals surface area (Å²) in [6.07, 6.45) is 5.28. The molecule has 0 N–H and O–H groups in total. The number of para-hydroxylation sites is 5. The van der Waals surface area contributed by atoms with E-state index in [9.17, 15) is 0 Å². The van der Waals surface area contributed by atoms with Crippen LogP contribution in [-0.4, -0.2) is 25.4 Å². The fourth-order valence-electron chi connectivity index (χ4n) is 11.8. The predicted octanol–water partition coefficient (Wildman–Crippen LogP) is 14.9. The summed E-state index contributed by atoms with van der Waals surface area (Å²) in [5, 5.41) is 2.91. The van der Waals surface area contributed by atoms with E-state index in [4.69, 9.17) is 32.9 Å². The van der Waals surface area contributed by atoms with Crippen LogP contribution < -0.4 is 35.2 Å². The van der Waals surface area contributed by atoms with Crippen LogP contribution in [0.3, 0.4) is 0 Å². The number of imidazole rings is 1. The maximum Gasteiger partial charge on any atom is 0.268 e. The standard InChI is InChI=1S/C72H48BN5O3.Pt/c1-72(2,3)48-39-40-74-67(41-48)78-60-38-35-50(77-59-29-12-10-25-56(59)68-71(77)81-66-34-18-33-65-69(66)73(68)58-28-11-15-32-64(58)80-65)43-57(60)55-37-36-52(44-63(55)78)79-51-24-16-23-49(42-51)75-45-76(62-31-14-13-30-61(62)75)70-53(46-19-6-4-7-20-46)26-17-27-54(70)47-21-8-5-9-22-47;/h4-41,43H,1-3H3;/q-2;/i4D,5D,6D,7D,8D,9D,19D,20D,21D,22D;. The van der Waals surface area contributed by atoms with Crippen molar-refractivity contribution in [1.82, 2.24) is 18.7 Å². The molecule has 0 saturated heterocycles. The molecule has 10 aromatic carbocycles. The molecule has 10 heteroatoms. The van der Waals surface area contributed by atoms with E-state index in [0.717, 1.165) is 78.0 Å². The largest absolute Gasteiger partial charge is 0.510 e. The maximum absolute atomic E-state index is 9.12. The van der Waals surface area contributed by atoms with Gasteiger partial charge in [0.2, 0.25) is 5.88 Å². The van der Waals surface area contributed by atoms with Crippen LogP contribution in [-0.2, 0) is 26.5 Å². The van der Waals surface area contributed by atoms with Gasteiger partial charge in [0.1, 0.15) is 23.1 Å². The molecule has 82 heavy (non-hydrogen) atoms. The van der Waals surface area contributed by atoms with Gasteiger partial charge in [-0.3, -0.25) is 9.13 Å². The second-order valence-electron chi connectivity index (χ2n) is 21.2. The van der Waals surface area contributed by atoms with Gasteiger partial charge in [-0.2, -0.15) is 18.2 Å². The molecular formula is C72H48BN5O3Pt-2. The van der Waals surface area contributed by atoms with Crippen LogP contribution >= 0.6 is 0 Å². The Labute approximate surface area is 503 Å². The minimum absolute atomic E-state index is 0. The second kappa shape index (κ2) is 19.3. The van der Waals surface area contributed by atoms with Crippen molar-refractivity contribution >= 4 is 66.8 Å². The van der Waals surface area contributed by atoms with Crippen molar-refractivity contribution in [3.8, 4) is 79.8 Å². The van der Waals surface area contributed by atoms with Gasteiger partial charge >= 0.3 is 0 Å². The van der Waals surface area contributed by atoms with Crippen molar-refractivity contribution in [3.05, 3.63) is 261 Å². The van der Waals surface area contributed by atoms with Crippen molar-refractivity contribution in [2.45, 2.75) is 26.2 Å². The Bertz CT molecular complexity index is 5360. The van der Waals surface area contributed by atoms with Gasteiger partial charge in [0.15, 0.2) is 0 Å². The van der Waals surface area contributed by atoms with Crippen molar-refractivity contribution in [2.24, 2.45) is 0 Å². The number of aromatic nitrogens is 5. The zero-order chi connectivity index (χ0) is 62.6. The molecule has 0 aliphatic carbocycles. The normalized spacial score (nSPS) is 14.1. The van der Waals surface area contributed by atoms with Gasteiger partial charge < -0.3 is 23.3 Å². The van der Waals surface area contributed by atoms with E-state index in [-0.39, 0.29) is 61.1 Å². The first kappa shape index (κ1) is 39.6. The molecule has 14 aromatic rings. The molecule has 394 valence electrons. The molecule has 0 fully saturated rings. The van der Waals surface area contributed by atoms with Gasteiger partial charge in [-0.1, -0.05) is 172 Å². The van der Waals surface area contributed by atoms with Crippen LogP contribution in [0.25, 0.3) is 88.9 Å². The first-order valence-corrected chi connectivity index (χ1v) is 26.6. The van der Waals surface area contributed by atoms with Crippen LogP contribution in [0.1, 0.15) is 40.0 Å². The van der Waals surface area contributed by atoms with E-state index in [0.29, 0.717) is 39.6 Å². The smallest absolute Gasteiger partial charge is 0.268 e. The van der Waals surface area contributed by atoms with Crippen LogP contribution in [0.5, 0.6) is 34.6 Å². The van der Waals surface area contributed by atoms with Gasteiger partial charge in [-0.15, -0.1) is 29.7 Å². The molecule has 0 saturated carbocycles. The van der Waals surface area contributed by atoms with Crippen LogP contribution in [0, 0.1) is 18.5 Å². The third-order valence-corrected chi connectivity index (χ3v) is 15.4. The van der Waals surface area contributed by atoms with Gasteiger partial charge in [0, 0.05) is 60.9 Å². The summed E-state index contributed by atoms with van der Waals surface area (Å²) in [5.41, 5.74) is 9.23. The van der Waals surface area contributed by atoms with E-state index in [1.165, 1.54) is 0 Å². The van der Waals surface area contributed by atoms with E-state index >= 15 is 0 Å². The Morgan fingerprint density at radius 1 is 0.573 bits per heavy atom. The monoisotopic (exact) mass is 1250 g/mol. The molecule has 16 rings (SSSR count). The molecule has 2 aliphatic rings. The predicted molar refractivity (Wildman–Crippen MR) is 324 cm³/mol. The number of hydrogen-bond donors (Lipinski definition) is 0. The molecule has 0 spiro atoms. The minimum atomic E-state index is -0.582. The van der Waals surface area contributed by atoms with Crippen molar-refractivity contribution in [1.29, 1.82) is 0 Å². The number of nitrogens with zero attached hydrogens (tertiary/aromatic N) is 5. The van der Waals surface area contributed by atoms with E-state index < -0.39 is 60.4 Å². The number of pyridine rings is 1. The number of hydrogen-bond acceptors (Lipinski definition) is 4. The molecule has 0 amide bonds. The summed E-state index contributed by atoms with van der Waals surface area (Å²) in [6, 6.07) is 56.4. The maximum atomic E-state index is 9.12. The van der Waals surface area contributed by atoms with E-state index in [1.54, 1.807) is 39.5 Å². The van der Waals surface area contributed by atoms with Gasteiger partial charge in [-0.05, 0) is 110 Å². The Balaban J connectivity index is 0.00000702. The Morgan fingerprint density at radius 2 is 1.24 bits per heavy atom. The number of benzene rings is 10. The summed E-state index contributed by atoms with van der Waals surface area (Å²) in [5.74, 6) is 4.48. The Morgan fingerprint density at radius 3 is 2.04 bits per heavy atom. The first-order valence-electron chi connectivity index (χ1n) is 31.6. The third-order valence-electron chi connectivity index (χ3n) is 15.4. The quantitative estimate of drug-likeness (QED) is 0.0864. The van der Waals surface area contributed by atoms with Crippen LogP contribution in [0.4, 0.5) is 0 Å². The second-order valence-corrected chi connectivity index (χ2v) is 21.2. The number of fused-ring (bicyclic) bond motifs is 10. The minimum Gasteiger partial charge on any atom is -0.510 e.